The molecule has 2 aromatic rings. The largest absolute Gasteiger partial charge is 0.508 e. The third-order valence-electron chi connectivity index (χ3n) is 3.98. The minimum Gasteiger partial charge on any atom is -0.508 e. The third kappa shape index (κ3) is 4.34. The number of carbonyl (C=O) groups is 1. The van der Waals surface area contributed by atoms with Crippen molar-refractivity contribution in [2.75, 3.05) is 18.8 Å². The van der Waals surface area contributed by atoms with Crippen LogP contribution in [0.1, 0.15) is 12.0 Å². The lowest BCUT2D eigenvalue weighted by Gasteiger charge is -2.26. The van der Waals surface area contributed by atoms with Crippen molar-refractivity contribution in [1.82, 2.24) is 4.90 Å². The Kier molecular flexibility index (Phi) is 5.48. The number of halogens is 1. The normalized spacial score (nSPS) is 14.4. The van der Waals surface area contributed by atoms with Gasteiger partial charge in [0.2, 0.25) is 5.91 Å². The van der Waals surface area contributed by atoms with Gasteiger partial charge in [0, 0.05) is 23.0 Å². The molecule has 5 heteroatoms. The van der Waals surface area contributed by atoms with Gasteiger partial charge in [-0.05, 0) is 54.0 Å². The number of rotatable bonds is 4. The average Bonchev–Trinajstić information content (AvgIpc) is 2.62. The Morgan fingerprint density at radius 2 is 1.83 bits per heavy atom. The lowest BCUT2D eigenvalue weighted by atomic mass is 9.99. The minimum absolute atomic E-state index is 0.149. The molecule has 124 valence electrons. The molecule has 1 heterocycles. The van der Waals surface area contributed by atoms with E-state index in [-0.39, 0.29) is 11.7 Å². The van der Waals surface area contributed by atoms with E-state index >= 15 is 0 Å². The van der Waals surface area contributed by atoms with Gasteiger partial charge in [-0.2, -0.15) is 0 Å². The fourth-order valence-electron chi connectivity index (χ4n) is 2.60. The van der Waals surface area contributed by atoms with E-state index in [1.54, 1.807) is 12.1 Å². The first-order chi connectivity index (χ1) is 11.6. The lowest BCUT2D eigenvalue weighted by Crippen LogP contribution is -2.35. The maximum absolute atomic E-state index is 12.3. The Labute approximate surface area is 150 Å². The first kappa shape index (κ1) is 16.9. The third-order valence-corrected chi connectivity index (χ3v) is 5.22. The quantitative estimate of drug-likeness (QED) is 0.820. The molecule has 1 amide bonds. The molecule has 0 radical (unpaired) electrons. The van der Waals surface area contributed by atoms with E-state index in [9.17, 15) is 9.90 Å². The van der Waals surface area contributed by atoms with Crippen LogP contribution in [0.3, 0.4) is 0 Å². The van der Waals surface area contributed by atoms with E-state index in [1.807, 2.05) is 41.3 Å². The number of carbonyl (C=O) groups excluding carboxylic acids is 1. The highest BCUT2D eigenvalue weighted by Crippen LogP contribution is 2.25. The van der Waals surface area contributed by atoms with Crippen molar-refractivity contribution in [2.45, 2.75) is 11.3 Å². The SMILES string of the molecule is O=C(CSc1ccc(Cl)cc1)N1CC=C(c2ccc(O)cc2)CC1. The van der Waals surface area contributed by atoms with Crippen LogP contribution < -0.4 is 0 Å². The second kappa shape index (κ2) is 7.77. The molecule has 0 fully saturated rings. The van der Waals surface area contributed by atoms with Crippen LogP contribution in [-0.2, 0) is 4.79 Å². The predicted molar refractivity (Wildman–Crippen MR) is 99.5 cm³/mol. The summed E-state index contributed by atoms with van der Waals surface area (Å²) in [6, 6.07) is 14.7. The van der Waals surface area contributed by atoms with E-state index in [0.717, 1.165) is 23.4 Å². The summed E-state index contributed by atoms with van der Waals surface area (Å²) in [6.45, 7) is 1.36. The van der Waals surface area contributed by atoms with Crippen LogP contribution in [0.4, 0.5) is 0 Å². The number of phenolic OH excluding ortho intramolecular Hbond substituents is 1. The first-order valence-corrected chi connectivity index (χ1v) is 9.13. The van der Waals surface area contributed by atoms with Crippen molar-refractivity contribution in [1.29, 1.82) is 0 Å². The van der Waals surface area contributed by atoms with Gasteiger partial charge in [0.15, 0.2) is 0 Å². The molecule has 0 spiro atoms. The Hall–Kier alpha value is -1.91. The number of benzene rings is 2. The molecule has 0 saturated carbocycles. The molecular weight excluding hydrogens is 342 g/mol. The van der Waals surface area contributed by atoms with Crippen LogP contribution in [0.15, 0.2) is 59.5 Å². The number of hydrogen-bond acceptors (Lipinski definition) is 3. The van der Waals surface area contributed by atoms with Gasteiger partial charge in [0.1, 0.15) is 5.75 Å². The zero-order valence-corrected chi connectivity index (χ0v) is 14.7. The van der Waals surface area contributed by atoms with Gasteiger partial charge < -0.3 is 10.0 Å². The number of aromatic hydroxyl groups is 1. The molecule has 0 bridgehead atoms. The lowest BCUT2D eigenvalue weighted by molar-refractivity contribution is -0.127. The van der Waals surface area contributed by atoms with Crippen LogP contribution in [0, 0.1) is 0 Å². The van der Waals surface area contributed by atoms with Crippen molar-refractivity contribution in [3.8, 4) is 5.75 Å². The Bertz CT molecular complexity index is 741. The minimum atomic E-state index is 0.149. The van der Waals surface area contributed by atoms with Crippen LogP contribution in [0.2, 0.25) is 5.02 Å². The second-order valence-corrected chi connectivity index (χ2v) is 7.09. The standard InChI is InChI=1S/C19H18ClNO2S/c20-16-3-7-18(8-4-16)24-13-19(23)21-11-9-15(10-12-21)14-1-5-17(22)6-2-14/h1-9,22H,10-13H2. The Balaban J connectivity index is 1.54. The fourth-order valence-corrected chi connectivity index (χ4v) is 3.53. The molecule has 24 heavy (non-hydrogen) atoms. The van der Waals surface area contributed by atoms with E-state index in [4.69, 9.17) is 11.6 Å². The summed E-state index contributed by atoms with van der Waals surface area (Å²) in [4.78, 5) is 15.3. The summed E-state index contributed by atoms with van der Waals surface area (Å²) < 4.78 is 0. The van der Waals surface area contributed by atoms with E-state index in [1.165, 1.54) is 17.3 Å². The Morgan fingerprint density at radius 1 is 1.12 bits per heavy atom. The molecule has 0 atom stereocenters. The highest BCUT2D eigenvalue weighted by atomic mass is 35.5. The van der Waals surface area contributed by atoms with Gasteiger partial charge in [-0.25, -0.2) is 0 Å². The molecule has 0 saturated heterocycles. The van der Waals surface area contributed by atoms with E-state index in [2.05, 4.69) is 6.08 Å². The van der Waals surface area contributed by atoms with Crippen molar-refractivity contribution in [2.24, 2.45) is 0 Å². The van der Waals surface area contributed by atoms with Crippen molar-refractivity contribution >= 4 is 34.8 Å². The number of nitrogens with zero attached hydrogens (tertiary/aromatic N) is 1. The van der Waals surface area contributed by atoms with Gasteiger partial charge in [0.25, 0.3) is 0 Å². The van der Waals surface area contributed by atoms with Crippen molar-refractivity contribution in [3.05, 3.63) is 65.2 Å². The summed E-state index contributed by atoms with van der Waals surface area (Å²) in [7, 11) is 0. The number of amides is 1. The summed E-state index contributed by atoms with van der Waals surface area (Å²) in [5.41, 5.74) is 2.33. The summed E-state index contributed by atoms with van der Waals surface area (Å²) in [5, 5.41) is 10.1. The highest BCUT2D eigenvalue weighted by molar-refractivity contribution is 8.00. The number of hydrogen-bond donors (Lipinski definition) is 1. The average molecular weight is 360 g/mol. The van der Waals surface area contributed by atoms with Crippen LogP contribution in [-0.4, -0.2) is 34.8 Å². The molecule has 0 unspecified atom stereocenters. The summed E-state index contributed by atoms with van der Waals surface area (Å²) in [6.07, 6.45) is 2.93. The monoisotopic (exact) mass is 359 g/mol. The zero-order chi connectivity index (χ0) is 16.9. The molecular formula is C19H18ClNO2S. The maximum Gasteiger partial charge on any atom is 0.233 e. The molecule has 2 aromatic carbocycles. The molecule has 1 aliphatic rings. The van der Waals surface area contributed by atoms with Crippen LogP contribution in [0.5, 0.6) is 5.75 Å². The highest BCUT2D eigenvalue weighted by Gasteiger charge is 2.18. The molecule has 0 aromatic heterocycles. The first-order valence-electron chi connectivity index (χ1n) is 7.76. The van der Waals surface area contributed by atoms with Gasteiger partial charge in [-0.1, -0.05) is 29.8 Å². The molecule has 3 nitrogen and oxygen atoms in total. The van der Waals surface area contributed by atoms with Crippen molar-refractivity contribution in [3.63, 3.8) is 0 Å². The fraction of sp³-hybridized carbons (Fsp3) is 0.211. The van der Waals surface area contributed by atoms with Crippen LogP contribution >= 0.6 is 23.4 Å². The van der Waals surface area contributed by atoms with Gasteiger partial charge in [-0.15, -0.1) is 11.8 Å². The smallest absolute Gasteiger partial charge is 0.233 e. The van der Waals surface area contributed by atoms with E-state index < -0.39 is 0 Å². The second-order valence-electron chi connectivity index (χ2n) is 5.61. The van der Waals surface area contributed by atoms with Crippen LogP contribution in [0.25, 0.3) is 5.57 Å². The molecule has 0 aliphatic carbocycles. The number of phenols is 1. The molecule has 1 aliphatic heterocycles. The van der Waals surface area contributed by atoms with Gasteiger partial charge in [0.05, 0.1) is 5.75 Å². The molecule has 3 rings (SSSR count). The summed E-state index contributed by atoms with van der Waals surface area (Å²) in [5.74, 6) is 0.853. The maximum atomic E-state index is 12.3. The topological polar surface area (TPSA) is 40.5 Å². The molecule has 1 N–H and O–H groups in total. The number of thioether (sulfide) groups is 1. The van der Waals surface area contributed by atoms with E-state index in [0.29, 0.717) is 17.3 Å². The van der Waals surface area contributed by atoms with Gasteiger partial charge >= 0.3 is 0 Å². The van der Waals surface area contributed by atoms with Crippen molar-refractivity contribution < 1.29 is 9.90 Å². The predicted octanol–water partition coefficient (Wildman–Crippen LogP) is 4.45. The Morgan fingerprint density at radius 3 is 2.46 bits per heavy atom. The van der Waals surface area contributed by atoms with Gasteiger partial charge in [-0.3, -0.25) is 4.79 Å². The zero-order valence-electron chi connectivity index (χ0n) is 13.1. The summed E-state index contributed by atoms with van der Waals surface area (Å²) >= 11 is 7.40.